The van der Waals surface area contributed by atoms with Gasteiger partial charge in [-0.2, -0.15) is 0 Å². The van der Waals surface area contributed by atoms with Crippen LogP contribution in [0.25, 0.3) is 46.2 Å². The van der Waals surface area contributed by atoms with Gasteiger partial charge in [0.2, 0.25) is 0 Å². The Kier molecular flexibility index (Phi) is 7.25. The molecule has 0 bridgehead atoms. The third-order valence-corrected chi connectivity index (χ3v) is 6.09. The summed E-state index contributed by atoms with van der Waals surface area (Å²) in [5.41, 5.74) is 8.99. The summed E-state index contributed by atoms with van der Waals surface area (Å²) in [4.78, 5) is 0. The molecule has 0 saturated heterocycles. The minimum Gasteiger partial charge on any atom is -0.0985 e. The lowest BCUT2D eigenvalue weighted by Gasteiger charge is -2.12. The second-order valence-electron chi connectivity index (χ2n) is 8.13. The highest BCUT2D eigenvalue weighted by molar-refractivity contribution is 6.47. The molecule has 0 atom stereocenters. The maximum Gasteiger partial charge on any atom is 0.149 e. The van der Waals surface area contributed by atoms with Gasteiger partial charge in [-0.3, -0.25) is 0 Å². The molecular weight excluding hydrogens is 407 g/mol. The highest BCUT2D eigenvalue weighted by Crippen LogP contribution is 2.29. The number of rotatable bonds is 8. The van der Waals surface area contributed by atoms with Gasteiger partial charge in [0.15, 0.2) is 0 Å². The lowest BCUT2D eigenvalue weighted by Crippen LogP contribution is -1.96. The average molecular weight is 435 g/mol. The second kappa shape index (κ2) is 10.7. The molecule has 0 amide bonds. The molecule has 0 N–H and O–H groups in total. The van der Waals surface area contributed by atoms with Crippen LogP contribution < -0.4 is 0 Å². The molecule has 0 aliphatic carbocycles. The fraction of sp³-hybridized carbons (Fsp3) is 0.0303. The molecule has 1 radical (unpaired) electrons. The molecule has 4 aromatic carbocycles. The van der Waals surface area contributed by atoms with E-state index in [1.807, 2.05) is 30.4 Å². The predicted molar refractivity (Wildman–Crippen MR) is 154 cm³/mol. The lowest BCUT2D eigenvalue weighted by molar-refractivity contribution is 1.56. The minimum atomic E-state index is 1.06. The van der Waals surface area contributed by atoms with Crippen LogP contribution in [0.3, 0.4) is 0 Å². The summed E-state index contributed by atoms with van der Waals surface area (Å²) in [6.45, 7) is 14.1. The zero-order valence-corrected chi connectivity index (χ0v) is 19.7. The highest BCUT2D eigenvalue weighted by Gasteiger charge is 2.07. The average Bonchev–Trinajstić information content (AvgIpc) is 2.90. The molecule has 0 heterocycles. The third-order valence-electron chi connectivity index (χ3n) is 6.09. The first-order valence-corrected chi connectivity index (χ1v) is 11.5. The fourth-order valence-electron chi connectivity index (χ4n) is 4.19. The Balaban J connectivity index is 1.74. The van der Waals surface area contributed by atoms with Crippen LogP contribution in [0.5, 0.6) is 0 Å². The van der Waals surface area contributed by atoms with E-state index < -0.39 is 0 Å². The number of hydrogen-bond donors (Lipinski definition) is 0. The van der Waals surface area contributed by atoms with Gasteiger partial charge in [-0.1, -0.05) is 129 Å². The summed E-state index contributed by atoms with van der Waals surface area (Å²) in [6.07, 6.45) is 10.1. The predicted octanol–water partition coefficient (Wildman–Crippen LogP) is 9.16. The minimum absolute atomic E-state index is 1.06. The Morgan fingerprint density at radius 1 is 0.618 bits per heavy atom. The van der Waals surface area contributed by atoms with Gasteiger partial charge in [0, 0.05) is 0 Å². The molecule has 0 saturated carbocycles. The van der Waals surface area contributed by atoms with Gasteiger partial charge in [-0.15, -0.1) is 0 Å². The fourth-order valence-corrected chi connectivity index (χ4v) is 4.19. The quantitative estimate of drug-likeness (QED) is 0.191. The summed E-state index contributed by atoms with van der Waals surface area (Å²) < 4.78 is 0. The summed E-state index contributed by atoms with van der Waals surface area (Å²) in [6, 6.07) is 29.8. The Morgan fingerprint density at radius 3 is 1.94 bits per heavy atom. The van der Waals surface area contributed by atoms with Crippen molar-refractivity contribution < 1.29 is 0 Å². The van der Waals surface area contributed by atoms with Gasteiger partial charge in [0.05, 0.1) is 0 Å². The molecule has 0 aromatic heterocycles. The van der Waals surface area contributed by atoms with Crippen molar-refractivity contribution in [2.45, 2.75) is 6.82 Å². The van der Waals surface area contributed by atoms with E-state index in [0.29, 0.717) is 0 Å². The van der Waals surface area contributed by atoms with E-state index in [0.717, 1.165) is 33.3 Å². The smallest absolute Gasteiger partial charge is 0.0985 e. The Morgan fingerprint density at radius 2 is 1.24 bits per heavy atom. The molecule has 4 rings (SSSR count). The summed E-state index contributed by atoms with van der Waals surface area (Å²) in [7, 11) is 2.12. The Hall–Kier alpha value is -4.10. The molecule has 4 aromatic rings. The zero-order chi connectivity index (χ0) is 23.9. The van der Waals surface area contributed by atoms with Crippen molar-refractivity contribution in [2.24, 2.45) is 0 Å². The summed E-state index contributed by atoms with van der Waals surface area (Å²) in [5, 5.41) is 2.49. The zero-order valence-electron chi connectivity index (χ0n) is 19.7. The lowest BCUT2D eigenvalue weighted by atomic mass is 9.67. The molecule has 1 heteroatoms. The van der Waals surface area contributed by atoms with E-state index in [-0.39, 0.29) is 0 Å². The van der Waals surface area contributed by atoms with Gasteiger partial charge >= 0.3 is 0 Å². The van der Waals surface area contributed by atoms with Crippen molar-refractivity contribution in [2.75, 3.05) is 0 Å². The van der Waals surface area contributed by atoms with Gasteiger partial charge in [-0.25, -0.2) is 0 Å². The maximum absolute atomic E-state index is 4.08. The summed E-state index contributed by atoms with van der Waals surface area (Å²) in [5.74, 6) is 0. The molecule has 0 fully saturated rings. The number of benzene rings is 4. The standard InChI is InChI=1S/C33H28B/c1-5-24-12-8-10-14-28(24)21-26(7-3)33(34-4)23-32-19-18-30(20-25(32)6-2)31-17-16-27-13-9-11-15-29(27)22-31/h5-23H,1-3H2,4H3/b26-21+,33-23-. The van der Waals surface area contributed by atoms with Crippen molar-refractivity contribution >= 4 is 42.4 Å². The van der Waals surface area contributed by atoms with Crippen molar-refractivity contribution in [3.8, 4) is 11.1 Å². The van der Waals surface area contributed by atoms with Crippen LogP contribution in [0.1, 0.15) is 22.3 Å². The second-order valence-corrected chi connectivity index (χ2v) is 8.13. The molecule has 163 valence electrons. The van der Waals surface area contributed by atoms with E-state index in [1.54, 1.807) is 0 Å². The van der Waals surface area contributed by atoms with Crippen LogP contribution in [-0.4, -0.2) is 7.28 Å². The van der Waals surface area contributed by atoms with Crippen molar-refractivity contribution in [1.82, 2.24) is 0 Å². The van der Waals surface area contributed by atoms with Gasteiger partial charge in [-0.05, 0) is 67.9 Å². The third kappa shape index (κ3) is 4.95. The van der Waals surface area contributed by atoms with Gasteiger partial charge in [0.1, 0.15) is 7.28 Å². The van der Waals surface area contributed by atoms with Crippen LogP contribution >= 0.6 is 0 Å². The van der Waals surface area contributed by atoms with Crippen LogP contribution in [0.15, 0.2) is 122 Å². The van der Waals surface area contributed by atoms with E-state index in [9.17, 15) is 0 Å². The number of fused-ring (bicyclic) bond motifs is 1. The first-order valence-electron chi connectivity index (χ1n) is 11.5. The van der Waals surface area contributed by atoms with Crippen LogP contribution in [0.2, 0.25) is 6.82 Å². The van der Waals surface area contributed by atoms with Crippen LogP contribution in [0, 0.1) is 0 Å². The highest BCUT2D eigenvalue weighted by atomic mass is 14.1. The number of hydrogen-bond acceptors (Lipinski definition) is 0. The first kappa shape index (κ1) is 23.1. The van der Waals surface area contributed by atoms with E-state index in [1.165, 1.54) is 21.9 Å². The molecule has 0 aliphatic heterocycles. The van der Waals surface area contributed by atoms with Crippen molar-refractivity contribution in [1.29, 1.82) is 0 Å². The number of allylic oxidation sites excluding steroid dienone is 3. The molecule has 0 nitrogen and oxygen atoms in total. The Bertz CT molecular complexity index is 1430. The summed E-state index contributed by atoms with van der Waals surface area (Å²) >= 11 is 0. The first-order chi connectivity index (χ1) is 16.7. The molecule has 0 unspecified atom stereocenters. The molecule has 34 heavy (non-hydrogen) atoms. The van der Waals surface area contributed by atoms with Gasteiger partial charge in [0.25, 0.3) is 0 Å². The van der Waals surface area contributed by atoms with Crippen molar-refractivity contribution in [3.63, 3.8) is 0 Å². The molecular formula is C33H28B. The Labute approximate surface area is 204 Å². The van der Waals surface area contributed by atoms with Crippen molar-refractivity contribution in [3.05, 3.63) is 144 Å². The largest absolute Gasteiger partial charge is 0.149 e. The topological polar surface area (TPSA) is 0 Å². The van der Waals surface area contributed by atoms with Crippen LogP contribution in [-0.2, 0) is 0 Å². The van der Waals surface area contributed by atoms with E-state index in [4.69, 9.17) is 0 Å². The van der Waals surface area contributed by atoms with Crippen LogP contribution in [0.4, 0.5) is 0 Å². The van der Waals surface area contributed by atoms with E-state index >= 15 is 0 Å². The molecule has 0 aliphatic rings. The SMILES string of the molecule is C=CC(=C\c1ccccc1C=C)/C([B]C)=C/c1ccc(-c2ccc3ccccc3c2)cc1C=C. The molecule has 0 spiro atoms. The maximum atomic E-state index is 4.08. The monoisotopic (exact) mass is 435 g/mol. The van der Waals surface area contributed by atoms with Gasteiger partial charge < -0.3 is 0 Å². The van der Waals surface area contributed by atoms with E-state index in [2.05, 4.69) is 119 Å². The normalized spacial score (nSPS) is 11.8.